The van der Waals surface area contributed by atoms with E-state index in [-0.39, 0.29) is 5.91 Å². The van der Waals surface area contributed by atoms with Crippen molar-refractivity contribution >= 4 is 17.2 Å². The van der Waals surface area contributed by atoms with E-state index in [0.717, 1.165) is 43.9 Å². The zero-order chi connectivity index (χ0) is 15.8. The summed E-state index contributed by atoms with van der Waals surface area (Å²) < 4.78 is 0. The van der Waals surface area contributed by atoms with Crippen LogP contribution in [0.15, 0.2) is 36.4 Å². The molecule has 2 aliphatic heterocycles. The second kappa shape index (κ2) is 6.10. The molecule has 0 saturated carbocycles. The maximum atomic E-state index is 12.6. The molecule has 2 aliphatic rings. The average Bonchev–Trinajstić information content (AvgIpc) is 3.23. The van der Waals surface area contributed by atoms with E-state index in [1.165, 1.54) is 16.0 Å². The summed E-state index contributed by atoms with van der Waals surface area (Å²) in [5.74, 6) is 0.211. The third kappa shape index (κ3) is 2.93. The molecule has 3 nitrogen and oxygen atoms in total. The van der Waals surface area contributed by atoms with Crippen molar-refractivity contribution in [2.75, 3.05) is 19.6 Å². The molecule has 2 aromatic rings. The first-order valence-corrected chi connectivity index (χ1v) is 9.19. The fourth-order valence-corrected chi connectivity index (χ4v) is 4.59. The summed E-state index contributed by atoms with van der Waals surface area (Å²) in [5, 5.41) is 0. The summed E-state index contributed by atoms with van der Waals surface area (Å²) in [4.78, 5) is 19.3. The molecule has 3 heterocycles. The van der Waals surface area contributed by atoms with Gasteiger partial charge in [-0.15, -0.1) is 11.3 Å². The lowest BCUT2D eigenvalue weighted by Gasteiger charge is -2.33. The van der Waals surface area contributed by atoms with E-state index in [2.05, 4.69) is 36.1 Å². The number of carbonyl (C=O) groups is 1. The third-order valence-electron chi connectivity index (χ3n) is 5.08. The van der Waals surface area contributed by atoms with Gasteiger partial charge in [0.05, 0.1) is 4.88 Å². The highest BCUT2D eigenvalue weighted by Crippen LogP contribution is 2.26. The normalized spacial score (nSPS) is 21.4. The lowest BCUT2D eigenvalue weighted by atomic mass is 9.98. The Morgan fingerprint density at radius 3 is 2.74 bits per heavy atom. The van der Waals surface area contributed by atoms with Crippen molar-refractivity contribution in [1.29, 1.82) is 0 Å². The van der Waals surface area contributed by atoms with Crippen LogP contribution in [0.25, 0.3) is 0 Å². The Kier molecular flexibility index (Phi) is 3.95. The van der Waals surface area contributed by atoms with Crippen molar-refractivity contribution in [2.45, 2.75) is 32.4 Å². The second-order valence-corrected chi connectivity index (χ2v) is 7.88. The molecule has 0 unspecified atom stereocenters. The number of thiophene rings is 1. The van der Waals surface area contributed by atoms with Gasteiger partial charge in [0.25, 0.3) is 5.91 Å². The van der Waals surface area contributed by atoms with Crippen LogP contribution < -0.4 is 0 Å². The van der Waals surface area contributed by atoms with Gasteiger partial charge in [-0.05, 0) is 43.0 Å². The van der Waals surface area contributed by atoms with Crippen LogP contribution in [0.2, 0.25) is 0 Å². The van der Waals surface area contributed by atoms with Crippen LogP contribution >= 0.6 is 11.3 Å². The number of hydrogen-bond acceptors (Lipinski definition) is 3. The SMILES string of the molecule is Cc1ccc(C(=O)N2CC[C@@H](N3CCc4ccccc4C3)C2)s1. The zero-order valence-electron chi connectivity index (χ0n) is 13.5. The average molecular weight is 326 g/mol. The largest absolute Gasteiger partial charge is 0.336 e. The minimum Gasteiger partial charge on any atom is -0.336 e. The van der Waals surface area contributed by atoms with Crippen molar-refractivity contribution in [3.05, 3.63) is 57.3 Å². The summed E-state index contributed by atoms with van der Waals surface area (Å²) >= 11 is 1.61. The van der Waals surface area contributed by atoms with Gasteiger partial charge in [-0.1, -0.05) is 24.3 Å². The van der Waals surface area contributed by atoms with E-state index in [1.54, 1.807) is 11.3 Å². The first-order valence-electron chi connectivity index (χ1n) is 8.37. The van der Waals surface area contributed by atoms with E-state index in [1.807, 2.05) is 17.0 Å². The van der Waals surface area contributed by atoms with Gasteiger partial charge in [-0.3, -0.25) is 9.69 Å². The Hall–Kier alpha value is -1.65. The molecule has 120 valence electrons. The number of carbonyl (C=O) groups excluding carboxylic acids is 1. The highest BCUT2D eigenvalue weighted by molar-refractivity contribution is 7.13. The van der Waals surface area contributed by atoms with Crippen LogP contribution in [0, 0.1) is 6.92 Å². The van der Waals surface area contributed by atoms with Crippen LogP contribution in [0.1, 0.15) is 32.1 Å². The number of benzene rings is 1. The maximum absolute atomic E-state index is 12.6. The van der Waals surface area contributed by atoms with Crippen LogP contribution in [0.3, 0.4) is 0 Å². The minimum atomic E-state index is 0.211. The number of fused-ring (bicyclic) bond motifs is 1. The van der Waals surface area contributed by atoms with Crippen LogP contribution in [0.4, 0.5) is 0 Å². The molecular weight excluding hydrogens is 304 g/mol. The Labute approximate surface area is 141 Å². The Bertz CT molecular complexity index is 724. The molecule has 1 atom stereocenters. The molecule has 4 rings (SSSR count). The van der Waals surface area contributed by atoms with Crippen LogP contribution in [-0.2, 0) is 13.0 Å². The van der Waals surface area contributed by atoms with Gasteiger partial charge in [0.15, 0.2) is 0 Å². The Balaban J connectivity index is 1.42. The molecule has 4 heteroatoms. The van der Waals surface area contributed by atoms with Crippen LogP contribution in [-0.4, -0.2) is 41.4 Å². The Morgan fingerprint density at radius 1 is 1.13 bits per heavy atom. The van der Waals surface area contributed by atoms with Crippen molar-refractivity contribution in [3.63, 3.8) is 0 Å². The lowest BCUT2D eigenvalue weighted by molar-refractivity contribution is 0.0778. The van der Waals surface area contributed by atoms with Crippen molar-refractivity contribution in [2.24, 2.45) is 0 Å². The van der Waals surface area contributed by atoms with E-state index >= 15 is 0 Å². The second-order valence-electron chi connectivity index (χ2n) is 6.59. The van der Waals surface area contributed by atoms with Gasteiger partial charge in [0.1, 0.15) is 0 Å². The molecule has 1 saturated heterocycles. The van der Waals surface area contributed by atoms with Gasteiger partial charge >= 0.3 is 0 Å². The number of nitrogens with zero attached hydrogens (tertiary/aromatic N) is 2. The number of hydrogen-bond donors (Lipinski definition) is 0. The molecule has 0 aliphatic carbocycles. The molecular formula is C19H22N2OS. The highest BCUT2D eigenvalue weighted by atomic mass is 32.1. The van der Waals surface area contributed by atoms with E-state index in [9.17, 15) is 4.79 Å². The molecule has 0 N–H and O–H groups in total. The fraction of sp³-hybridized carbons (Fsp3) is 0.421. The number of likely N-dealkylation sites (tertiary alicyclic amines) is 1. The molecule has 1 amide bonds. The Morgan fingerprint density at radius 2 is 1.96 bits per heavy atom. The van der Waals surface area contributed by atoms with Crippen molar-refractivity contribution in [1.82, 2.24) is 9.80 Å². The van der Waals surface area contributed by atoms with E-state index in [0.29, 0.717) is 6.04 Å². The van der Waals surface area contributed by atoms with Gasteiger partial charge in [-0.25, -0.2) is 0 Å². The van der Waals surface area contributed by atoms with Crippen molar-refractivity contribution < 1.29 is 4.79 Å². The minimum absolute atomic E-state index is 0.211. The smallest absolute Gasteiger partial charge is 0.263 e. The molecule has 23 heavy (non-hydrogen) atoms. The molecule has 0 radical (unpaired) electrons. The summed E-state index contributed by atoms with van der Waals surface area (Å²) in [6.07, 6.45) is 2.23. The zero-order valence-corrected chi connectivity index (χ0v) is 14.3. The van der Waals surface area contributed by atoms with E-state index < -0.39 is 0 Å². The molecule has 1 aromatic carbocycles. The number of aryl methyl sites for hydroxylation is 1. The molecule has 0 spiro atoms. The summed E-state index contributed by atoms with van der Waals surface area (Å²) in [7, 11) is 0. The molecule has 1 aromatic heterocycles. The monoisotopic (exact) mass is 326 g/mol. The number of rotatable bonds is 2. The predicted molar refractivity (Wildman–Crippen MR) is 93.9 cm³/mol. The van der Waals surface area contributed by atoms with Gasteiger partial charge in [0.2, 0.25) is 0 Å². The number of amides is 1. The van der Waals surface area contributed by atoms with Crippen LogP contribution in [0.5, 0.6) is 0 Å². The maximum Gasteiger partial charge on any atom is 0.263 e. The highest BCUT2D eigenvalue weighted by Gasteiger charge is 2.32. The van der Waals surface area contributed by atoms with Gasteiger partial charge in [0, 0.05) is 37.1 Å². The third-order valence-corrected chi connectivity index (χ3v) is 6.07. The molecule has 0 bridgehead atoms. The van der Waals surface area contributed by atoms with Crippen molar-refractivity contribution in [3.8, 4) is 0 Å². The fourth-order valence-electron chi connectivity index (χ4n) is 3.76. The van der Waals surface area contributed by atoms with E-state index in [4.69, 9.17) is 0 Å². The predicted octanol–water partition coefficient (Wildman–Crippen LogP) is 3.33. The standard InChI is InChI=1S/C19H22N2OS/c1-14-6-7-18(23-14)19(22)21-11-9-17(13-21)20-10-8-15-4-2-3-5-16(15)12-20/h2-7,17H,8-13H2,1H3/t17-/m1/s1. The quantitative estimate of drug-likeness (QED) is 0.845. The summed E-state index contributed by atoms with van der Waals surface area (Å²) in [5.41, 5.74) is 2.95. The topological polar surface area (TPSA) is 23.6 Å². The lowest BCUT2D eigenvalue weighted by Crippen LogP contribution is -2.41. The first-order chi connectivity index (χ1) is 11.2. The van der Waals surface area contributed by atoms with Gasteiger partial charge < -0.3 is 4.90 Å². The summed E-state index contributed by atoms with van der Waals surface area (Å²) in [6, 6.07) is 13.3. The molecule has 1 fully saturated rings. The summed E-state index contributed by atoms with van der Waals surface area (Å²) in [6.45, 7) is 5.96. The first kappa shape index (κ1) is 14.9. The van der Waals surface area contributed by atoms with Gasteiger partial charge in [-0.2, -0.15) is 0 Å².